The molecule has 1 fully saturated rings. The van der Waals surface area contributed by atoms with Crippen LogP contribution in [-0.2, 0) is 0 Å². The van der Waals surface area contributed by atoms with Crippen molar-refractivity contribution in [2.45, 2.75) is 13.8 Å². The lowest BCUT2D eigenvalue weighted by molar-refractivity contribution is 0.291. The molecule has 1 aliphatic heterocycles. The summed E-state index contributed by atoms with van der Waals surface area (Å²) in [4.78, 5) is 2.33. The largest absolute Gasteiger partial charge is 0.314 e. The monoisotopic (exact) mass is 234 g/mol. The van der Waals surface area contributed by atoms with Crippen molar-refractivity contribution in [2.24, 2.45) is 0 Å². The molecule has 1 heterocycles. The number of nitrogens with zero attached hydrogens (tertiary/aromatic N) is 1. The van der Waals surface area contributed by atoms with Crippen molar-refractivity contribution < 1.29 is 0 Å². The van der Waals surface area contributed by atoms with E-state index in [1.54, 1.807) is 6.08 Å². The molecule has 2 nitrogen and oxygen atoms in total. The van der Waals surface area contributed by atoms with E-state index in [0.29, 0.717) is 0 Å². The molecule has 1 rings (SSSR count). The molecular formula is C15H26N2. The van der Waals surface area contributed by atoms with Crippen LogP contribution in [0.25, 0.3) is 0 Å². The van der Waals surface area contributed by atoms with Crippen molar-refractivity contribution in [2.75, 3.05) is 33.2 Å². The Morgan fingerprint density at radius 3 is 2.06 bits per heavy atom. The first-order valence-electron chi connectivity index (χ1n) is 6.09. The van der Waals surface area contributed by atoms with Crippen molar-refractivity contribution in [1.82, 2.24) is 10.2 Å². The van der Waals surface area contributed by atoms with Gasteiger partial charge in [0, 0.05) is 26.2 Å². The summed E-state index contributed by atoms with van der Waals surface area (Å²) in [6, 6.07) is 0. The minimum absolute atomic E-state index is 1.11. The highest BCUT2D eigenvalue weighted by Crippen LogP contribution is 2.02. The van der Waals surface area contributed by atoms with E-state index in [1.165, 1.54) is 18.7 Å². The average Bonchev–Trinajstić information content (AvgIpc) is 2.30. The molecular weight excluding hydrogens is 208 g/mol. The lowest BCUT2D eigenvalue weighted by Gasteiger charge is -2.21. The molecule has 1 saturated heterocycles. The number of rotatable bonds is 3. The minimum Gasteiger partial charge on any atom is -0.314 e. The molecule has 0 bridgehead atoms. The van der Waals surface area contributed by atoms with Crippen molar-refractivity contribution in [3.63, 3.8) is 0 Å². The Morgan fingerprint density at radius 1 is 1.18 bits per heavy atom. The Morgan fingerprint density at radius 2 is 1.76 bits per heavy atom. The number of piperazine rings is 1. The fraction of sp³-hybridized carbons (Fsp3) is 0.467. The molecule has 17 heavy (non-hydrogen) atoms. The van der Waals surface area contributed by atoms with Crippen LogP contribution >= 0.6 is 0 Å². The lowest BCUT2D eigenvalue weighted by Crippen LogP contribution is -2.40. The smallest absolute Gasteiger partial charge is 0.0104 e. The summed E-state index contributed by atoms with van der Waals surface area (Å²) in [5.41, 5.74) is 2.38. The zero-order chi connectivity index (χ0) is 13.1. The lowest BCUT2D eigenvalue weighted by atomic mass is 10.2. The fourth-order valence-corrected chi connectivity index (χ4v) is 1.42. The Bertz CT molecular complexity index is 277. The summed E-state index contributed by atoms with van der Waals surface area (Å²) < 4.78 is 0. The second-order valence-electron chi connectivity index (χ2n) is 4.38. The fourth-order valence-electron chi connectivity index (χ4n) is 1.42. The van der Waals surface area contributed by atoms with Gasteiger partial charge in [-0.15, -0.1) is 0 Å². The van der Waals surface area contributed by atoms with Crippen LogP contribution < -0.4 is 5.32 Å². The van der Waals surface area contributed by atoms with Gasteiger partial charge in [-0.2, -0.15) is 0 Å². The molecule has 1 aliphatic rings. The molecule has 0 spiro atoms. The Balaban J connectivity index is 0.000000318. The Hall–Kier alpha value is -1.12. The number of likely N-dealkylation sites (N-methyl/N-ethyl adjacent to an activating group) is 1. The van der Waals surface area contributed by atoms with Gasteiger partial charge in [0.1, 0.15) is 0 Å². The second-order valence-corrected chi connectivity index (χ2v) is 4.38. The number of hydrogen-bond acceptors (Lipinski definition) is 2. The molecule has 0 aliphatic carbocycles. The highest BCUT2D eigenvalue weighted by molar-refractivity contribution is 5.33. The van der Waals surface area contributed by atoms with Crippen LogP contribution in [0.4, 0.5) is 0 Å². The van der Waals surface area contributed by atoms with Crippen LogP contribution in [0.15, 0.2) is 48.6 Å². The molecule has 1 N–H and O–H groups in total. The maximum absolute atomic E-state index is 3.67. The van der Waals surface area contributed by atoms with Gasteiger partial charge in [0.05, 0.1) is 0 Å². The molecule has 0 aromatic rings. The van der Waals surface area contributed by atoms with E-state index in [0.717, 1.165) is 18.7 Å². The molecule has 0 aromatic carbocycles. The van der Waals surface area contributed by atoms with Gasteiger partial charge in [-0.25, -0.2) is 0 Å². The number of hydrogen-bond donors (Lipinski definition) is 1. The van der Waals surface area contributed by atoms with Crippen molar-refractivity contribution >= 4 is 0 Å². The highest BCUT2D eigenvalue weighted by atomic mass is 15.2. The Labute approximate surface area is 106 Å². The third-order valence-electron chi connectivity index (χ3n) is 2.34. The zero-order valence-corrected chi connectivity index (χ0v) is 11.5. The topological polar surface area (TPSA) is 15.3 Å². The standard InChI is InChI=1S/C10H14.C5H12N2/c1-5-7-10(6-2)8-9(3)4;1-7-4-2-6-3-5-7/h5-8H,1-2H2,3-4H3;6H,2-5H2,1H3/b10-7+;. The van der Waals surface area contributed by atoms with Gasteiger partial charge >= 0.3 is 0 Å². The van der Waals surface area contributed by atoms with Crippen LogP contribution in [0, 0.1) is 0 Å². The van der Waals surface area contributed by atoms with Crippen molar-refractivity contribution in [3.05, 3.63) is 48.6 Å². The van der Waals surface area contributed by atoms with E-state index in [2.05, 4.69) is 50.3 Å². The molecule has 0 atom stereocenters. The average molecular weight is 234 g/mol. The van der Waals surface area contributed by atoms with Crippen molar-refractivity contribution in [3.8, 4) is 0 Å². The molecule has 0 amide bonds. The number of nitrogens with one attached hydrogen (secondary N) is 1. The summed E-state index contributed by atoms with van der Waals surface area (Å²) in [6.07, 6.45) is 7.57. The normalized spacial score (nSPS) is 16.5. The predicted molar refractivity (Wildman–Crippen MR) is 78.3 cm³/mol. The molecule has 0 aromatic heterocycles. The van der Waals surface area contributed by atoms with E-state index in [9.17, 15) is 0 Å². The maximum Gasteiger partial charge on any atom is 0.0104 e. The molecule has 0 radical (unpaired) electrons. The summed E-state index contributed by atoms with van der Waals surface area (Å²) in [6.45, 7) is 16.1. The second kappa shape index (κ2) is 10.1. The molecule has 2 heteroatoms. The van der Waals surface area contributed by atoms with E-state index < -0.39 is 0 Å². The SMILES string of the molecule is C=C/C=C(\C=C)C=C(C)C.CN1CCNCC1. The van der Waals surface area contributed by atoms with Gasteiger partial charge in [-0.1, -0.05) is 43.0 Å². The van der Waals surface area contributed by atoms with E-state index in [4.69, 9.17) is 0 Å². The van der Waals surface area contributed by atoms with Gasteiger partial charge in [-0.05, 0) is 26.5 Å². The van der Waals surface area contributed by atoms with Gasteiger partial charge in [0.15, 0.2) is 0 Å². The Kier molecular flexibility index (Phi) is 9.40. The summed E-state index contributed by atoms with van der Waals surface area (Å²) in [7, 11) is 2.15. The van der Waals surface area contributed by atoms with Gasteiger partial charge in [0.2, 0.25) is 0 Å². The van der Waals surface area contributed by atoms with Crippen LogP contribution in [0.5, 0.6) is 0 Å². The first-order valence-corrected chi connectivity index (χ1v) is 6.09. The highest BCUT2D eigenvalue weighted by Gasteiger charge is 2.01. The van der Waals surface area contributed by atoms with E-state index >= 15 is 0 Å². The van der Waals surface area contributed by atoms with Crippen LogP contribution in [0.3, 0.4) is 0 Å². The third-order valence-corrected chi connectivity index (χ3v) is 2.34. The van der Waals surface area contributed by atoms with E-state index in [1.807, 2.05) is 12.2 Å². The molecule has 0 unspecified atom stereocenters. The van der Waals surface area contributed by atoms with E-state index in [-0.39, 0.29) is 0 Å². The van der Waals surface area contributed by atoms with Gasteiger partial charge in [-0.3, -0.25) is 0 Å². The predicted octanol–water partition coefficient (Wildman–Crippen LogP) is 2.77. The van der Waals surface area contributed by atoms with Crippen molar-refractivity contribution in [1.29, 1.82) is 0 Å². The summed E-state index contributed by atoms with van der Waals surface area (Å²) in [5, 5.41) is 3.27. The van der Waals surface area contributed by atoms with Crippen LogP contribution in [0.2, 0.25) is 0 Å². The van der Waals surface area contributed by atoms with Gasteiger partial charge < -0.3 is 10.2 Å². The maximum atomic E-state index is 3.67. The number of allylic oxidation sites excluding steroid dienone is 6. The first kappa shape index (κ1) is 15.9. The van der Waals surface area contributed by atoms with Crippen LogP contribution in [0.1, 0.15) is 13.8 Å². The molecule has 96 valence electrons. The van der Waals surface area contributed by atoms with Gasteiger partial charge in [0.25, 0.3) is 0 Å². The quantitative estimate of drug-likeness (QED) is 0.755. The molecule has 0 saturated carbocycles. The summed E-state index contributed by atoms with van der Waals surface area (Å²) in [5.74, 6) is 0. The summed E-state index contributed by atoms with van der Waals surface area (Å²) >= 11 is 0. The third kappa shape index (κ3) is 9.79. The first-order chi connectivity index (χ1) is 8.10. The van der Waals surface area contributed by atoms with Crippen LogP contribution in [-0.4, -0.2) is 38.1 Å². The zero-order valence-electron chi connectivity index (χ0n) is 11.5. The minimum atomic E-state index is 1.11.